The lowest BCUT2D eigenvalue weighted by molar-refractivity contribution is -0.151. The van der Waals surface area contributed by atoms with E-state index in [0.717, 1.165) is 24.2 Å². The molecule has 10 nitrogen and oxygen atoms in total. The Morgan fingerprint density at radius 3 is 2.68 bits per heavy atom. The zero-order valence-corrected chi connectivity index (χ0v) is 17.1. The summed E-state index contributed by atoms with van der Waals surface area (Å²) in [7, 11) is 0. The molecule has 4 amide bonds. The molecule has 0 unspecified atom stereocenters. The molecule has 0 bridgehead atoms. The molecule has 1 aliphatic carbocycles. The number of esters is 1. The van der Waals surface area contributed by atoms with Crippen molar-refractivity contribution in [3.63, 3.8) is 0 Å². The zero-order valence-electron chi connectivity index (χ0n) is 17.1. The van der Waals surface area contributed by atoms with Gasteiger partial charge in [0.25, 0.3) is 11.8 Å². The molecule has 1 saturated carbocycles. The van der Waals surface area contributed by atoms with Gasteiger partial charge in [0.05, 0.1) is 6.54 Å². The van der Waals surface area contributed by atoms with E-state index in [0.29, 0.717) is 24.3 Å². The Balaban J connectivity index is 1.19. The highest BCUT2D eigenvalue weighted by Crippen LogP contribution is 2.33. The van der Waals surface area contributed by atoms with Crippen LogP contribution in [0.3, 0.4) is 0 Å². The third-order valence-electron chi connectivity index (χ3n) is 5.70. The first-order valence-electron chi connectivity index (χ1n) is 10.4. The second-order valence-corrected chi connectivity index (χ2v) is 7.93. The van der Waals surface area contributed by atoms with Crippen molar-refractivity contribution in [2.45, 2.75) is 43.7 Å². The number of para-hydroxylation sites is 2. The highest BCUT2D eigenvalue weighted by molar-refractivity contribution is 6.08. The molecule has 166 valence electrons. The highest BCUT2D eigenvalue weighted by atomic mass is 16.6. The first kappa shape index (κ1) is 21.0. The first-order valence-corrected chi connectivity index (χ1v) is 10.4. The lowest BCUT2D eigenvalue weighted by atomic mass is 9.82. The molecule has 1 saturated heterocycles. The van der Waals surface area contributed by atoms with Crippen LogP contribution in [-0.4, -0.2) is 66.7 Å². The maximum absolute atomic E-state index is 12.7. The fourth-order valence-corrected chi connectivity index (χ4v) is 4.08. The van der Waals surface area contributed by atoms with Gasteiger partial charge in [-0.05, 0) is 25.0 Å². The molecule has 2 N–H and O–H groups in total. The van der Waals surface area contributed by atoms with Gasteiger partial charge in [0.1, 0.15) is 24.8 Å². The van der Waals surface area contributed by atoms with Crippen LogP contribution in [0.1, 0.15) is 32.1 Å². The average molecular weight is 431 g/mol. The van der Waals surface area contributed by atoms with Gasteiger partial charge in [0.2, 0.25) is 0 Å². The number of nitrogens with one attached hydrogen (secondary N) is 2. The summed E-state index contributed by atoms with van der Waals surface area (Å²) in [5.41, 5.74) is -0.895. The molecule has 1 aromatic rings. The van der Waals surface area contributed by atoms with Gasteiger partial charge in [-0.15, -0.1) is 0 Å². The summed E-state index contributed by atoms with van der Waals surface area (Å²) in [6.07, 6.45) is 3.50. The predicted molar refractivity (Wildman–Crippen MR) is 106 cm³/mol. The molecule has 2 fully saturated rings. The Morgan fingerprint density at radius 2 is 1.90 bits per heavy atom. The fraction of sp³-hybridized carbons (Fsp3) is 0.524. The molecule has 1 atom stereocenters. The standard InChI is InChI=1S/C21H25N3O7/c25-17(22-10-14-12-29-15-6-2-3-7-16(15)31-14)13-30-18(26)11-24-19(27)21(23-20(24)28)8-4-1-5-9-21/h2-3,6-7,14H,1,4-5,8-13H2,(H,22,25)(H,23,28)/t14-/m0/s1. The van der Waals surface area contributed by atoms with Crippen LogP contribution in [0.2, 0.25) is 0 Å². The van der Waals surface area contributed by atoms with E-state index in [1.807, 2.05) is 12.1 Å². The summed E-state index contributed by atoms with van der Waals surface area (Å²) in [6.45, 7) is -0.570. The number of hydrogen-bond donors (Lipinski definition) is 2. The van der Waals surface area contributed by atoms with E-state index in [-0.39, 0.29) is 19.3 Å². The van der Waals surface area contributed by atoms with Crippen LogP contribution >= 0.6 is 0 Å². The van der Waals surface area contributed by atoms with Gasteiger partial charge in [-0.25, -0.2) is 4.79 Å². The minimum atomic E-state index is -0.895. The van der Waals surface area contributed by atoms with Crippen LogP contribution in [0, 0.1) is 0 Å². The van der Waals surface area contributed by atoms with E-state index in [4.69, 9.17) is 14.2 Å². The predicted octanol–water partition coefficient (Wildman–Crippen LogP) is 0.741. The molecule has 0 aromatic heterocycles. The number of hydrogen-bond acceptors (Lipinski definition) is 7. The number of fused-ring (bicyclic) bond motifs is 1. The van der Waals surface area contributed by atoms with E-state index < -0.39 is 42.5 Å². The smallest absolute Gasteiger partial charge is 0.326 e. The Morgan fingerprint density at radius 1 is 1.16 bits per heavy atom. The van der Waals surface area contributed by atoms with Crippen molar-refractivity contribution < 1.29 is 33.4 Å². The fourth-order valence-electron chi connectivity index (χ4n) is 4.08. The number of carbonyl (C=O) groups is 4. The van der Waals surface area contributed by atoms with Crippen LogP contribution in [0.15, 0.2) is 24.3 Å². The van der Waals surface area contributed by atoms with Gasteiger partial charge in [0.15, 0.2) is 18.1 Å². The molecule has 31 heavy (non-hydrogen) atoms. The molecule has 2 aliphatic heterocycles. The van der Waals surface area contributed by atoms with Crippen molar-refractivity contribution in [2.75, 3.05) is 26.3 Å². The van der Waals surface area contributed by atoms with Crippen LogP contribution in [0.25, 0.3) is 0 Å². The van der Waals surface area contributed by atoms with Crippen molar-refractivity contribution in [1.29, 1.82) is 0 Å². The zero-order chi connectivity index (χ0) is 21.8. The topological polar surface area (TPSA) is 123 Å². The summed E-state index contributed by atoms with van der Waals surface area (Å²) in [5, 5.41) is 5.34. The normalized spacial score (nSPS) is 21.5. The second kappa shape index (κ2) is 8.83. The number of urea groups is 1. The average Bonchev–Trinajstić information content (AvgIpc) is 3.00. The Labute approximate surface area is 179 Å². The maximum atomic E-state index is 12.7. The number of amides is 4. The summed E-state index contributed by atoms with van der Waals surface area (Å²) >= 11 is 0. The third-order valence-corrected chi connectivity index (χ3v) is 5.70. The maximum Gasteiger partial charge on any atom is 0.326 e. The number of ether oxygens (including phenoxy) is 3. The second-order valence-electron chi connectivity index (χ2n) is 7.93. The van der Waals surface area contributed by atoms with Crippen molar-refractivity contribution >= 4 is 23.8 Å². The molecule has 1 aromatic carbocycles. The minimum absolute atomic E-state index is 0.181. The lowest BCUT2D eigenvalue weighted by Crippen LogP contribution is -2.48. The molecule has 10 heteroatoms. The minimum Gasteiger partial charge on any atom is -0.486 e. The van der Waals surface area contributed by atoms with Crippen molar-refractivity contribution in [3.8, 4) is 11.5 Å². The first-order chi connectivity index (χ1) is 15.0. The monoisotopic (exact) mass is 431 g/mol. The summed E-state index contributed by atoms with van der Waals surface area (Å²) < 4.78 is 16.2. The summed E-state index contributed by atoms with van der Waals surface area (Å²) in [4.78, 5) is 49.8. The third kappa shape index (κ3) is 4.57. The molecular formula is C21H25N3O7. The van der Waals surface area contributed by atoms with Gasteiger partial charge in [0, 0.05) is 0 Å². The summed E-state index contributed by atoms with van der Waals surface area (Å²) in [5.74, 6) is -0.485. The number of imide groups is 1. The Kier molecular flexibility index (Phi) is 5.97. The molecule has 4 rings (SSSR count). The largest absolute Gasteiger partial charge is 0.486 e. The van der Waals surface area contributed by atoms with Crippen molar-refractivity contribution in [2.24, 2.45) is 0 Å². The van der Waals surface area contributed by atoms with Gasteiger partial charge in [-0.1, -0.05) is 31.4 Å². The number of nitrogens with zero attached hydrogens (tertiary/aromatic N) is 1. The van der Waals surface area contributed by atoms with Crippen LogP contribution in [0.5, 0.6) is 11.5 Å². The van der Waals surface area contributed by atoms with Crippen molar-refractivity contribution in [1.82, 2.24) is 15.5 Å². The molecule has 2 heterocycles. The van der Waals surface area contributed by atoms with E-state index in [1.165, 1.54) is 0 Å². The van der Waals surface area contributed by atoms with Gasteiger partial charge >= 0.3 is 12.0 Å². The van der Waals surface area contributed by atoms with Crippen LogP contribution < -0.4 is 20.1 Å². The number of carbonyl (C=O) groups excluding carboxylic acids is 4. The van der Waals surface area contributed by atoms with Crippen LogP contribution in [0.4, 0.5) is 4.79 Å². The Bertz CT molecular complexity index is 881. The van der Waals surface area contributed by atoms with Gasteiger partial charge < -0.3 is 24.8 Å². The highest BCUT2D eigenvalue weighted by Gasteiger charge is 2.51. The van der Waals surface area contributed by atoms with Gasteiger partial charge in [-0.3, -0.25) is 19.3 Å². The lowest BCUT2D eigenvalue weighted by Gasteiger charge is -2.30. The van der Waals surface area contributed by atoms with E-state index in [9.17, 15) is 19.2 Å². The van der Waals surface area contributed by atoms with Gasteiger partial charge in [-0.2, -0.15) is 0 Å². The SMILES string of the molecule is O=C(COC(=O)CN1C(=O)NC2(CCCCC2)C1=O)NC[C@H]1COc2ccccc2O1. The van der Waals surface area contributed by atoms with E-state index in [2.05, 4.69) is 10.6 Å². The summed E-state index contributed by atoms with van der Waals surface area (Å²) in [6, 6.07) is 6.64. The molecule has 0 radical (unpaired) electrons. The van der Waals surface area contributed by atoms with Crippen LogP contribution in [-0.2, 0) is 19.1 Å². The molecular weight excluding hydrogens is 406 g/mol. The number of rotatable bonds is 6. The number of benzene rings is 1. The quantitative estimate of drug-likeness (QED) is 0.503. The van der Waals surface area contributed by atoms with Crippen molar-refractivity contribution in [3.05, 3.63) is 24.3 Å². The molecule has 1 spiro atoms. The Hall–Kier alpha value is -3.30. The molecule has 3 aliphatic rings. The van der Waals surface area contributed by atoms with E-state index >= 15 is 0 Å². The van der Waals surface area contributed by atoms with E-state index in [1.54, 1.807) is 12.1 Å².